The molecule has 0 aromatic heterocycles. The van der Waals surface area contributed by atoms with Crippen molar-refractivity contribution in [2.45, 2.75) is 51.0 Å². The highest BCUT2D eigenvalue weighted by Gasteiger charge is 2.53. The second kappa shape index (κ2) is 5.00. The van der Waals surface area contributed by atoms with Gasteiger partial charge in [-0.1, -0.05) is 18.2 Å². The number of alkyl halides is 3. The van der Waals surface area contributed by atoms with Gasteiger partial charge in [-0.3, -0.25) is 0 Å². The minimum Gasteiger partial charge on any atom is -0.402 e. The van der Waals surface area contributed by atoms with E-state index in [1.165, 1.54) is 6.07 Å². The lowest BCUT2D eigenvalue weighted by Crippen LogP contribution is -2.41. The Morgan fingerprint density at radius 2 is 1.62 bits per heavy atom. The van der Waals surface area contributed by atoms with Gasteiger partial charge in [0.2, 0.25) is 0 Å². The molecule has 1 fully saturated rings. The van der Waals surface area contributed by atoms with Gasteiger partial charge < -0.3 is 15.0 Å². The molecule has 2 N–H and O–H groups in total. The van der Waals surface area contributed by atoms with E-state index in [-0.39, 0.29) is 0 Å². The summed E-state index contributed by atoms with van der Waals surface area (Å²) in [6, 6.07) is 4.93. The van der Waals surface area contributed by atoms with Crippen LogP contribution in [0.15, 0.2) is 24.3 Å². The Morgan fingerprint density at radius 3 is 2.10 bits per heavy atom. The first-order valence-electron chi connectivity index (χ1n) is 6.72. The first-order chi connectivity index (χ1) is 9.44. The van der Waals surface area contributed by atoms with Crippen molar-refractivity contribution in [3.63, 3.8) is 0 Å². The summed E-state index contributed by atoms with van der Waals surface area (Å²) in [5, 5.41) is 0. The summed E-state index contributed by atoms with van der Waals surface area (Å²) in [6.45, 7) is 7.47. The molecule has 3 nitrogen and oxygen atoms in total. The Labute approximate surface area is 122 Å². The number of nitrogens with two attached hydrogens (primary N) is 1. The number of halogens is 3. The summed E-state index contributed by atoms with van der Waals surface area (Å²) in [7, 11) is -0.779. The first kappa shape index (κ1) is 16.3. The normalized spacial score (nSPS) is 22.4. The fraction of sp³-hybridized carbons (Fsp3) is 0.571. The van der Waals surface area contributed by atoms with Crippen LogP contribution in [0.4, 0.5) is 13.2 Å². The van der Waals surface area contributed by atoms with Crippen molar-refractivity contribution in [1.29, 1.82) is 0 Å². The van der Waals surface area contributed by atoms with Gasteiger partial charge in [-0.05, 0) is 39.3 Å². The summed E-state index contributed by atoms with van der Waals surface area (Å²) in [4.78, 5) is 0. The highest BCUT2D eigenvalue weighted by molar-refractivity contribution is 6.47. The van der Waals surface area contributed by atoms with Crippen LogP contribution in [-0.2, 0) is 15.5 Å². The molecule has 0 spiro atoms. The second-order valence-corrected chi connectivity index (χ2v) is 6.27. The second-order valence-electron chi connectivity index (χ2n) is 6.27. The van der Waals surface area contributed by atoms with E-state index >= 15 is 0 Å². The van der Waals surface area contributed by atoms with Crippen LogP contribution in [-0.4, -0.2) is 18.3 Å². The summed E-state index contributed by atoms with van der Waals surface area (Å²) in [6.07, 6.45) is -4.40. The van der Waals surface area contributed by atoms with E-state index < -0.39 is 36.0 Å². The number of rotatable bonds is 2. The summed E-state index contributed by atoms with van der Waals surface area (Å²) in [5.74, 6) is -0.784. The predicted octanol–water partition coefficient (Wildman–Crippen LogP) is 3.34. The molecule has 0 amide bonds. The van der Waals surface area contributed by atoms with Crippen molar-refractivity contribution in [3.05, 3.63) is 35.4 Å². The number of hydrogen-bond donors (Lipinski definition) is 1. The third-order valence-electron chi connectivity index (χ3n) is 4.16. The molecule has 0 bridgehead atoms. The van der Waals surface area contributed by atoms with Crippen LogP contribution in [0.2, 0.25) is 0 Å². The van der Waals surface area contributed by atoms with E-state index in [4.69, 9.17) is 15.0 Å². The molecule has 1 aromatic carbocycles. The monoisotopic (exact) mass is 301 g/mol. The van der Waals surface area contributed by atoms with Gasteiger partial charge in [-0.2, -0.15) is 13.2 Å². The maximum Gasteiger partial charge on any atom is 0.480 e. The van der Waals surface area contributed by atoms with Crippen molar-refractivity contribution in [3.8, 4) is 0 Å². The van der Waals surface area contributed by atoms with Gasteiger partial charge in [-0.15, -0.1) is 0 Å². The lowest BCUT2D eigenvalue weighted by atomic mass is 9.74. The molecule has 1 saturated heterocycles. The highest BCUT2D eigenvalue weighted by Crippen LogP contribution is 2.40. The molecule has 116 valence electrons. The van der Waals surface area contributed by atoms with Crippen molar-refractivity contribution in [1.82, 2.24) is 0 Å². The zero-order valence-corrected chi connectivity index (χ0v) is 12.5. The third-order valence-corrected chi connectivity index (χ3v) is 4.16. The molecule has 1 atom stereocenters. The van der Waals surface area contributed by atoms with Crippen molar-refractivity contribution >= 4 is 7.12 Å². The van der Waals surface area contributed by atoms with Crippen LogP contribution in [0, 0.1) is 0 Å². The van der Waals surface area contributed by atoms with Gasteiger partial charge in [0.05, 0.1) is 22.7 Å². The Bertz CT molecular complexity index is 515. The zero-order chi connectivity index (χ0) is 16.1. The van der Waals surface area contributed by atoms with Gasteiger partial charge in [0.15, 0.2) is 0 Å². The molecule has 0 unspecified atom stereocenters. The van der Waals surface area contributed by atoms with Crippen molar-refractivity contribution < 1.29 is 22.5 Å². The van der Waals surface area contributed by atoms with Crippen LogP contribution >= 0.6 is 0 Å². The minimum absolute atomic E-state index is 0.336. The Morgan fingerprint density at radius 1 is 1.10 bits per heavy atom. The Hall–Kier alpha value is -1.05. The topological polar surface area (TPSA) is 44.5 Å². The third kappa shape index (κ3) is 3.10. The molecular weight excluding hydrogens is 282 g/mol. The van der Waals surface area contributed by atoms with Crippen LogP contribution in [0.5, 0.6) is 0 Å². The molecule has 1 aliphatic rings. The standard InChI is InChI=1S/C14H19BF3NO2/c1-12(2)13(3,4)21-15(20-12)11(19)9-6-5-7-10(8-9)14(16,17)18/h5-8,11H,19H2,1-4H3/t11-/m0/s1. The number of hydrogen-bond acceptors (Lipinski definition) is 3. The van der Waals surface area contributed by atoms with E-state index in [1.54, 1.807) is 6.07 Å². The largest absolute Gasteiger partial charge is 0.480 e. The van der Waals surface area contributed by atoms with Crippen molar-refractivity contribution in [2.75, 3.05) is 0 Å². The quantitative estimate of drug-likeness (QED) is 0.852. The molecule has 0 radical (unpaired) electrons. The molecule has 1 aliphatic heterocycles. The van der Waals surface area contributed by atoms with Gasteiger partial charge in [0.25, 0.3) is 0 Å². The van der Waals surface area contributed by atoms with Gasteiger partial charge in [-0.25, -0.2) is 0 Å². The van der Waals surface area contributed by atoms with E-state index in [9.17, 15) is 13.2 Å². The van der Waals surface area contributed by atoms with Crippen LogP contribution < -0.4 is 5.73 Å². The Balaban J connectivity index is 2.24. The summed E-state index contributed by atoms with van der Waals surface area (Å²) >= 11 is 0. The van der Waals surface area contributed by atoms with E-state index in [2.05, 4.69) is 0 Å². The molecule has 0 saturated carbocycles. The molecule has 21 heavy (non-hydrogen) atoms. The fourth-order valence-corrected chi connectivity index (χ4v) is 2.11. The van der Waals surface area contributed by atoms with Gasteiger partial charge in [0.1, 0.15) is 0 Å². The molecular formula is C14H19BF3NO2. The summed E-state index contributed by atoms with van der Waals surface area (Å²) < 4.78 is 49.8. The van der Waals surface area contributed by atoms with Crippen LogP contribution in [0.25, 0.3) is 0 Å². The smallest absolute Gasteiger partial charge is 0.402 e. The molecule has 0 aliphatic carbocycles. The molecule has 1 heterocycles. The average Bonchev–Trinajstić information content (AvgIpc) is 2.57. The predicted molar refractivity (Wildman–Crippen MR) is 74.5 cm³/mol. The van der Waals surface area contributed by atoms with E-state index in [0.29, 0.717) is 5.56 Å². The van der Waals surface area contributed by atoms with E-state index in [0.717, 1.165) is 12.1 Å². The van der Waals surface area contributed by atoms with Crippen LogP contribution in [0.1, 0.15) is 44.8 Å². The SMILES string of the molecule is CC1(C)OB([C@@H](N)c2cccc(C(F)(F)F)c2)OC1(C)C. The first-order valence-corrected chi connectivity index (χ1v) is 6.72. The van der Waals surface area contributed by atoms with E-state index in [1.807, 2.05) is 27.7 Å². The Kier molecular flexibility index (Phi) is 3.89. The van der Waals surface area contributed by atoms with Gasteiger partial charge >= 0.3 is 13.3 Å². The zero-order valence-electron chi connectivity index (χ0n) is 12.5. The maximum atomic E-state index is 12.8. The summed E-state index contributed by atoms with van der Waals surface area (Å²) in [5.41, 5.74) is 4.50. The number of benzene rings is 1. The average molecular weight is 301 g/mol. The molecule has 7 heteroatoms. The van der Waals surface area contributed by atoms with Crippen LogP contribution in [0.3, 0.4) is 0 Å². The molecule has 1 aromatic rings. The maximum absolute atomic E-state index is 12.8. The van der Waals surface area contributed by atoms with Crippen molar-refractivity contribution in [2.24, 2.45) is 5.73 Å². The minimum atomic E-state index is -4.40. The van der Waals surface area contributed by atoms with Gasteiger partial charge in [0, 0.05) is 0 Å². The highest BCUT2D eigenvalue weighted by atomic mass is 19.4. The lowest BCUT2D eigenvalue weighted by Gasteiger charge is -2.32. The fourth-order valence-electron chi connectivity index (χ4n) is 2.11. The molecule has 2 rings (SSSR count). The lowest BCUT2D eigenvalue weighted by molar-refractivity contribution is -0.137.